The monoisotopic (exact) mass is 282 g/mol. The fourth-order valence-corrected chi connectivity index (χ4v) is 1.84. The van der Waals surface area contributed by atoms with E-state index in [9.17, 15) is 14.4 Å². The van der Waals surface area contributed by atoms with Crippen molar-refractivity contribution in [3.63, 3.8) is 0 Å². The van der Waals surface area contributed by atoms with Crippen molar-refractivity contribution in [3.05, 3.63) is 0 Å². The number of amides is 3. The number of hydrogen-bond donors (Lipinski definition) is 2. The number of nitrogens with one attached hydrogen (secondary N) is 2. The molecule has 0 saturated carbocycles. The molecule has 110 valence electrons. The van der Waals surface area contributed by atoms with E-state index in [0.717, 1.165) is 0 Å². The standard InChI is InChI=1S/C12H18N4O4/c1-2-20-10(17)3-6-14-12(19)15-9-4-7-16(8-5-13)11(9)18/h9H,2-4,6-8H2,1H3,(H2,14,15,19). The summed E-state index contributed by atoms with van der Waals surface area (Å²) in [6.45, 7) is 2.64. The highest BCUT2D eigenvalue weighted by atomic mass is 16.5. The van der Waals surface area contributed by atoms with E-state index in [0.29, 0.717) is 19.6 Å². The van der Waals surface area contributed by atoms with Crippen LogP contribution in [0.15, 0.2) is 0 Å². The molecule has 20 heavy (non-hydrogen) atoms. The summed E-state index contributed by atoms with van der Waals surface area (Å²) in [6, 6.07) is 0.784. The summed E-state index contributed by atoms with van der Waals surface area (Å²) in [5.41, 5.74) is 0. The first-order chi connectivity index (χ1) is 9.58. The molecule has 0 aromatic rings. The molecule has 1 heterocycles. The van der Waals surface area contributed by atoms with Crippen LogP contribution in [-0.4, -0.2) is 55.1 Å². The number of hydrogen-bond acceptors (Lipinski definition) is 5. The predicted octanol–water partition coefficient (Wildman–Crippen LogP) is -0.637. The van der Waals surface area contributed by atoms with Crippen molar-refractivity contribution < 1.29 is 19.1 Å². The van der Waals surface area contributed by atoms with Gasteiger partial charge in [0, 0.05) is 13.1 Å². The fourth-order valence-electron chi connectivity index (χ4n) is 1.84. The molecule has 1 rings (SSSR count). The highest BCUT2D eigenvalue weighted by molar-refractivity contribution is 5.88. The van der Waals surface area contributed by atoms with E-state index in [1.54, 1.807) is 6.92 Å². The minimum Gasteiger partial charge on any atom is -0.466 e. The van der Waals surface area contributed by atoms with Crippen LogP contribution in [0.4, 0.5) is 4.79 Å². The maximum absolute atomic E-state index is 11.8. The van der Waals surface area contributed by atoms with E-state index in [1.807, 2.05) is 6.07 Å². The number of nitriles is 1. The van der Waals surface area contributed by atoms with Crippen molar-refractivity contribution in [2.45, 2.75) is 25.8 Å². The molecule has 0 radical (unpaired) electrons. The van der Waals surface area contributed by atoms with Gasteiger partial charge in [-0.3, -0.25) is 9.59 Å². The molecule has 3 amide bonds. The van der Waals surface area contributed by atoms with Crippen LogP contribution in [0.1, 0.15) is 19.8 Å². The first kappa shape index (κ1) is 15.8. The molecule has 0 spiro atoms. The third kappa shape index (κ3) is 4.76. The SMILES string of the molecule is CCOC(=O)CCNC(=O)NC1CCN(CC#N)C1=O. The number of rotatable bonds is 6. The maximum atomic E-state index is 11.8. The number of nitrogens with zero attached hydrogens (tertiary/aromatic N) is 2. The highest BCUT2D eigenvalue weighted by Gasteiger charge is 2.32. The number of esters is 1. The van der Waals surface area contributed by atoms with Crippen LogP contribution in [0.5, 0.6) is 0 Å². The lowest BCUT2D eigenvalue weighted by Crippen LogP contribution is -2.46. The summed E-state index contributed by atoms with van der Waals surface area (Å²) in [4.78, 5) is 35.7. The molecule has 0 bridgehead atoms. The Morgan fingerprint density at radius 3 is 2.95 bits per heavy atom. The van der Waals surface area contributed by atoms with E-state index in [-0.39, 0.29) is 31.4 Å². The van der Waals surface area contributed by atoms with Crippen molar-refractivity contribution in [3.8, 4) is 6.07 Å². The molecule has 1 aliphatic heterocycles. The number of ether oxygens (including phenoxy) is 1. The van der Waals surface area contributed by atoms with Crippen LogP contribution < -0.4 is 10.6 Å². The molecular formula is C12H18N4O4. The maximum Gasteiger partial charge on any atom is 0.315 e. The van der Waals surface area contributed by atoms with Crippen LogP contribution >= 0.6 is 0 Å². The minimum absolute atomic E-state index is 0.0293. The molecule has 2 N–H and O–H groups in total. The molecule has 1 saturated heterocycles. The Hall–Kier alpha value is -2.30. The summed E-state index contributed by atoms with van der Waals surface area (Å²) in [5.74, 6) is -0.642. The van der Waals surface area contributed by atoms with Gasteiger partial charge in [0.25, 0.3) is 0 Å². The van der Waals surface area contributed by atoms with Crippen LogP contribution in [0.3, 0.4) is 0 Å². The molecule has 1 atom stereocenters. The number of carbonyl (C=O) groups excluding carboxylic acids is 3. The van der Waals surface area contributed by atoms with Crippen LogP contribution in [0.25, 0.3) is 0 Å². The van der Waals surface area contributed by atoms with Gasteiger partial charge in [-0.2, -0.15) is 5.26 Å². The van der Waals surface area contributed by atoms with Gasteiger partial charge in [0.1, 0.15) is 12.6 Å². The lowest BCUT2D eigenvalue weighted by molar-refractivity contribution is -0.142. The summed E-state index contributed by atoms with van der Waals surface area (Å²) >= 11 is 0. The molecule has 8 heteroatoms. The Morgan fingerprint density at radius 2 is 2.30 bits per heavy atom. The molecule has 0 aliphatic carbocycles. The minimum atomic E-state index is -0.606. The molecule has 1 fully saturated rings. The van der Waals surface area contributed by atoms with E-state index < -0.39 is 12.1 Å². The summed E-state index contributed by atoms with van der Waals surface area (Å²) in [6.07, 6.45) is 0.562. The Balaban J connectivity index is 2.25. The Bertz CT molecular complexity index is 418. The van der Waals surface area contributed by atoms with Gasteiger partial charge in [0.05, 0.1) is 19.1 Å². The largest absolute Gasteiger partial charge is 0.466 e. The van der Waals surface area contributed by atoms with Crippen LogP contribution in [-0.2, 0) is 14.3 Å². The van der Waals surface area contributed by atoms with Crippen molar-refractivity contribution in [1.82, 2.24) is 15.5 Å². The van der Waals surface area contributed by atoms with Gasteiger partial charge in [-0.1, -0.05) is 0 Å². The summed E-state index contributed by atoms with van der Waals surface area (Å²) in [7, 11) is 0. The van der Waals surface area contributed by atoms with Crippen molar-refractivity contribution in [2.75, 3.05) is 26.2 Å². The molecule has 1 unspecified atom stereocenters. The number of urea groups is 1. The van der Waals surface area contributed by atoms with Gasteiger partial charge in [-0.15, -0.1) is 0 Å². The lowest BCUT2D eigenvalue weighted by atomic mass is 10.2. The lowest BCUT2D eigenvalue weighted by Gasteiger charge is -2.14. The molecule has 0 aromatic carbocycles. The third-order valence-electron chi connectivity index (χ3n) is 2.78. The van der Waals surface area contributed by atoms with E-state index >= 15 is 0 Å². The molecule has 8 nitrogen and oxygen atoms in total. The van der Waals surface area contributed by atoms with E-state index in [4.69, 9.17) is 10.00 Å². The zero-order valence-electron chi connectivity index (χ0n) is 11.3. The Morgan fingerprint density at radius 1 is 1.55 bits per heavy atom. The van der Waals surface area contributed by atoms with E-state index in [1.165, 1.54) is 4.90 Å². The van der Waals surface area contributed by atoms with Gasteiger partial charge in [0.2, 0.25) is 5.91 Å². The van der Waals surface area contributed by atoms with Crippen molar-refractivity contribution in [2.24, 2.45) is 0 Å². The van der Waals surface area contributed by atoms with Gasteiger partial charge < -0.3 is 20.3 Å². The summed E-state index contributed by atoms with van der Waals surface area (Å²) in [5, 5.41) is 13.5. The second kappa shape index (κ2) is 7.99. The Labute approximate surface area is 117 Å². The third-order valence-corrected chi connectivity index (χ3v) is 2.78. The predicted molar refractivity (Wildman–Crippen MR) is 68.4 cm³/mol. The zero-order chi connectivity index (χ0) is 15.0. The second-order valence-electron chi connectivity index (χ2n) is 4.21. The smallest absolute Gasteiger partial charge is 0.315 e. The van der Waals surface area contributed by atoms with Gasteiger partial charge in [-0.05, 0) is 13.3 Å². The second-order valence-corrected chi connectivity index (χ2v) is 4.21. The molecule has 0 aromatic heterocycles. The molecular weight excluding hydrogens is 264 g/mol. The molecule has 1 aliphatic rings. The van der Waals surface area contributed by atoms with Crippen LogP contribution in [0.2, 0.25) is 0 Å². The topological polar surface area (TPSA) is 112 Å². The van der Waals surface area contributed by atoms with Gasteiger partial charge >= 0.3 is 12.0 Å². The van der Waals surface area contributed by atoms with Gasteiger partial charge in [0.15, 0.2) is 0 Å². The van der Waals surface area contributed by atoms with Crippen molar-refractivity contribution in [1.29, 1.82) is 5.26 Å². The number of carbonyl (C=O) groups is 3. The zero-order valence-corrected chi connectivity index (χ0v) is 11.3. The number of likely N-dealkylation sites (tertiary alicyclic amines) is 1. The summed E-state index contributed by atoms with van der Waals surface area (Å²) < 4.78 is 4.71. The Kier molecular flexibility index (Phi) is 6.29. The first-order valence-corrected chi connectivity index (χ1v) is 6.44. The quantitative estimate of drug-likeness (QED) is 0.497. The fraction of sp³-hybridized carbons (Fsp3) is 0.667. The van der Waals surface area contributed by atoms with Gasteiger partial charge in [-0.25, -0.2) is 4.79 Å². The van der Waals surface area contributed by atoms with E-state index in [2.05, 4.69) is 10.6 Å². The normalized spacial score (nSPS) is 17.5. The first-order valence-electron chi connectivity index (χ1n) is 6.44. The highest BCUT2D eigenvalue weighted by Crippen LogP contribution is 2.10. The van der Waals surface area contributed by atoms with Crippen LogP contribution in [0, 0.1) is 11.3 Å². The van der Waals surface area contributed by atoms with Crippen molar-refractivity contribution >= 4 is 17.9 Å². The average molecular weight is 282 g/mol. The average Bonchev–Trinajstić information content (AvgIpc) is 2.72.